The minimum Gasteiger partial charge on any atom is -0.495 e. The number of carbonyl (C=O) groups excluding carboxylic acids is 2. The molecule has 1 heterocycles. The Labute approximate surface area is 144 Å². The second-order valence-corrected chi connectivity index (χ2v) is 5.91. The van der Waals surface area contributed by atoms with Crippen LogP contribution < -0.4 is 10.1 Å². The maximum atomic E-state index is 12.3. The number of likely N-dealkylation sites (tertiary alicyclic amines) is 1. The molecule has 2 unspecified atom stereocenters. The van der Waals surface area contributed by atoms with E-state index in [0.717, 1.165) is 0 Å². The van der Waals surface area contributed by atoms with E-state index in [9.17, 15) is 19.5 Å². The Bertz CT molecular complexity index is 664. The van der Waals surface area contributed by atoms with E-state index >= 15 is 0 Å². The number of carboxylic acid groups (broad SMARTS) is 1. The molecule has 7 nitrogen and oxygen atoms in total. The number of hydrogen-bond donors (Lipinski definition) is 2. The number of aliphatic carboxylic acids is 1. The lowest BCUT2D eigenvalue weighted by Gasteiger charge is -2.18. The summed E-state index contributed by atoms with van der Waals surface area (Å²) in [5, 5.41) is 12.2. The molecule has 1 fully saturated rings. The van der Waals surface area contributed by atoms with E-state index in [-0.39, 0.29) is 17.4 Å². The van der Waals surface area contributed by atoms with Gasteiger partial charge in [0, 0.05) is 19.5 Å². The van der Waals surface area contributed by atoms with Crippen LogP contribution in [0.2, 0.25) is 5.02 Å². The Morgan fingerprint density at radius 1 is 1.50 bits per heavy atom. The van der Waals surface area contributed by atoms with Gasteiger partial charge in [-0.1, -0.05) is 17.7 Å². The number of methoxy groups -OCH3 is 1. The number of amides is 2. The molecule has 24 heavy (non-hydrogen) atoms. The maximum absolute atomic E-state index is 12.3. The zero-order chi connectivity index (χ0) is 17.9. The molecule has 0 saturated carbocycles. The third-order valence-corrected chi connectivity index (χ3v) is 4.31. The van der Waals surface area contributed by atoms with Crippen LogP contribution in [0.5, 0.6) is 5.75 Å². The summed E-state index contributed by atoms with van der Waals surface area (Å²) in [6.45, 7) is 2.66. The monoisotopic (exact) mass is 354 g/mol. The van der Waals surface area contributed by atoms with Crippen molar-refractivity contribution < 1.29 is 24.2 Å². The lowest BCUT2D eigenvalue weighted by atomic mass is 10.0. The van der Waals surface area contributed by atoms with Gasteiger partial charge in [-0.2, -0.15) is 0 Å². The van der Waals surface area contributed by atoms with Crippen molar-refractivity contribution in [1.82, 2.24) is 10.2 Å². The summed E-state index contributed by atoms with van der Waals surface area (Å²) in [5.41, 5.74) is 0.332. The Morgan fingerprint density at radius 2 is 2.21 bits per heavy atom. The number of hydrogen-bond acceptors (Lipinski definition) is 4. The van der Waals surface area contributed by atoms with Crippen LogP contribution in [0, 0.1) is 5.92 Å². The average molecular weight is 355 g/mol. The lowest BCUT2D eigenvalue weighted by Crippen LogP contribution is -2.38. The van der Waals surface area contributed by atoms with E-state index in [4.69, 9.17) is 16.3 Å². The van der Waals surface area contributed by atoms with Crippen molar-refractivity contribution >= 4 is 29.4 Å². The molecule has 1 aromatic carbocycles. The molecule has 1 saturated heterocycles. The Kier molecular flexibility index (Phi) is 5.66. The minimum absolute atomic E-state index is 0.0926. The highest BCUT2D eigenvalue weighted by atomic mass is 35.5. The molecule has 2 amide bonds. The van der Waals surface area contributed by atoms with Crippen LogP contribution in [0.3, 0.4) is 0 Å². The van der Waals surface area contributed by atoms with Crippen LogP contribution in [-0.2, 0) is 14.4 Å². The first-order valence-corrected chi connectivity index (χ1v) is 7.89. The molecule has 0 radical (unpaired) electrons. The predicted octanol–water partition coefficient (Wildman–Crippen LogP) is 1.46. The van der Waals surface area contributed by atoms with Gasteiger partial charge in [0.15, 0.2) is 6.04 Å². The molecule has 8 heteroatoms. The summed E-state index contributed by atoms with van der Waals surface area (Å²) < 4.78 is 5.03. The minimum atomic E-state index is -1.24. The van der Waals surface area contributed by atoms with Gasteiger partial charge in [0.25, 0.3) is 0 Å². The molecule has 2 N–H and O–H groups in total. The Morgan fingerprint density at radius 3 is 2.71 bits per heavy atom. The topological polar surface area (TPSA) is 95.9 Å². The van der Waals surface area contributed by atoms with Gasteiger partial charge in [0.2, 0.25) is 11.8 Å². The second-order valence-electron chi connectivity index (χ2n) is 5.51. The smallest absolute Gasteiger partial charge is 0.330 e. The number of carboxylic acids is 1. The number of rotatable bonds is 6. The fourth-order valence-corrected chi connectivity index (χ4v) is 2.93. The van der Waals surface area contributed by atoms with E-state index < -0.39 is 23.8 Å². The molecule has 0 aromatic heterocycles. The molecule has 1 aliphatic rings. The first-order chi connectivity index (χ1) is 11.4. The zero-order valence-corrected chi connectivity index (χ0v) is 14.2. The third kappa shape index (κ3) is 3.79. The highest BCUT2D eigenvalue weighted by Gasteiger charge is 2.35. The lowest BCUT2D eigenvalue weighted by molar-refractivity contribution is -0.142. The van der Waals surface area contributed by atoms with Crippen LogP contribution in [0.25, 0.3) is 0 Å². The van der Waals surface area contributed by atoms with Crippen LogP contribution in [0.1, 0.15) is 24.9 Å². The summed E-state index contributed by atoms with van der Waals surface area (Å²) in [6, 6.07) is 3.27. The number of ether oxygens (including phenoxy) is 1. The summed E-state index contributed by atoms with van der Waals surface area (Å²) in [5.74, 6) is -1.90. The van der Waals surface area contributed by atoms with Gasteiger partial charge in [-0.05, 0) is 24.6 Å². The van der Waals surface area contributed by atoms with Crippen LogP contribution in [-0.4, -0.2) is 48.0 Å². The maximum Gasteiger partial charge on any atom is 0.330 e. The standard InChI is InChI=1S/C16H19ClN2O5/c1-3-19-8-10(7-13(19)20)15(21)18-14(16(22)23)9-4-5-12(24-2)11(17)6-9/h4-6,10,14H,3,7-8H2,1-2H3,(H,18,21)(H,22,23). The zero-order valence-electron chi connectivity index (χ0n) is 13.4. The predicted molar refractivity (Wildman–Crippen MR) is 86.9 cm³/mol. The van der Waals surface area contributed by atoms with Gasteiger partial charge < -0.3 is 20.1 Å². The van der Waals surface area contributed by atoms with Crippen LogP contribution in [0.4, 0.5) is 0 Å². The van der Waals surface area contributed by atoms with Gasteiger partial charge >= 0.3 is 5.97 Å². The van der Waals surface area contributed by atoms with Crippen molar-refractivity contribution in [3.8, 4) is 5.75 Å². The fourth-order valence-electron chi connectivity index (χ4n) is 2.66. The van der Waals surface area contributed by atoms with Crippen LogP contribution in [0.15, 0.2) is 18.2 Å². The van der Waals surface area contributed by atoms with Gasteiger partial charge in [0.1, 0.15) is 5.75 Å². The summed E-state index contributed by atoms with van der Waals surface area (Å²) in [4.78, 5) is 37.2. The molecule has 2 atom stereocenters. The quantitative estimate of drug-likeness (QED) is 0.806. The van der Waals surface area contributed by atoms with E-state index in [1.54, 1.807) is 4.90 Å². The van der Waals surface area contributed by atoms with Crippen molar-refractivity contribution in [2.45, 2.75) is 19.4 Å². The van der Waals surface area contributed by atoms with Crippen molar-refractivity contribution in [2.24, 2.45) is 5.92 Å². The fraction of sp³-hybridized carbons (Fsp3) is 0.438. The molecule has 0 spiro atoms. The summed E-state index contributed by atoms with van der Waals surface area (Å²) in [7, 11) is 1.45. The van der Waals surface area contributed by atoms with Crippen molar-refractivity contribution in [1.29, 1.82) is 0 Å². The number of benzene rings is 1. The number of halogens is 1. The van der Waals surface area contributed by atoms with Gasteiger partial charge in [-0.15, -0.1) is 0 Å². The number of carbonyl (C=O) groups is 3. The largest absolute Gasteiger partial charge is 0.495 e. The molecular weight excluding hydrogens is 336 g/mol. The van der Waals surface area contributed by atoms with Crippen molar-refractivity contribution in [2.75, 3.05) is 20.2 Å². The third-order valence-electron chi connectivity index (χ3n) is 4.01. The molecule has 130 valence electrons. The molecule has 0 bridgehead atoms. The summed E-state index contributed by atoms with van der Waals surface area (Å²) >= 11 is 6.02. The SMILES string of the molecule is CCN1CC(C(=O)NC(C(=O)O)c2ccc(OC)c(Cl)c2)CC1=O. The van der Waals surface area contributed by atoms with Crippen LogP contribution >= 0.6 is 11.6 Å². The van der Waals surface area contributed by atoms with E-state index in [1.165, 1.54) is 25.3 Å². The molecule has 1 aromatic rings. The van der Waals surface area contributed by atoms with E-state index in [2.05, 4.69) is 5.32 Å². The van der Waals surface area contributed by atoms with E-state index in [0.29, 0.717) is 24.4 Å². The van der Waals surface area contributed by atoms with Crippen molar-refractivity contribution in [3.05, 3.63) is 28.8 Å². The first-order valence-electron chi connectivity index (χ1n) is 7.51. The highest BCUT2D eigenvalue weighted by Crippen LogP contribution is 2.28. The summed E-state index contributed by atoms with van der Waals surface area (Å²) in [6.07, 6.45) is 0.0926. The molecular formula is C16H19ClN2O5. The van der Waals surface area contributed by atoms with Gasteiger partial charge in [-0.25, -0.2) is 4.79 Å². The molecule has 0 aliphatic carbocycles. The second kappa shape index (κ2) is 7.53. The Balaban J connectivity index is 2.14. The van der Waals surface area contributed by atoms with Gasteiger partial charge in [-0.3, -0.25) is 9.59 Å². The Hall–Kier alpha value is -2.28. The van der Waals surface area contributed by atoms with E-state index in [1.807, 2.05) is 6.92 Å². The average Bonchev–Trinajstić information content (AvgIpc) is 2.93. The molecule has 2 rings (SSSR count). The first kappa shape index (κ1) is 18.1. The van der Waals surface area contributed by atoms with Gasteiger partial charge in [0.05, 0.1) is 18.1 Å². The number of nitrogens with zero attached hydrogens (tertiary/aromatic N) is 1. The van der Waals surface area contributed by atoms with Crippen molar-refractivity contribution in [3.63, 3.8) is 0 Å². The number of nitrogens with one attached hydrogen (secondary N) is 1. The molecule has 1 aliphatic heterocycles. The normalized spacial score (nSPS) is 18.4. The highest BCUT2D eigenvalue weighted by molar-refractivity contribution is 6.32.